The van der Waals surface area contributed by atoms with Crippen LogP contribution >= 0.6 is 11.8 Å². The molecule has 4 rings (SSSR count). The van der Waals surface area contributed by atoms with E-state index < -0.39 is 0 Å². The highest BCUT2D eigenvalue weighted by Gasteiger charge is 2.20. The summed E-state index contributed by atoms with van der Waals surface area (Å²) in [4.78, 5) is 27.2. The van der Waals surface area contributed by atoms with Crippen LogP contribution in [0.2, 0.25) is 0 Å². The second kappa shape index (κ2) is 11.3. The zero-order chi connectivity index (χ0) is 24.6. The number of carbonyl (C=O) groups is 2. The standard InChI is InChI=1S/C24H24N6O4S/c1-29(21-8-4-3-7-20(21)23(32)25-14-19-6-5-13-34-19)22(31)16-35-24-26-27-28-30(24)15-17-9-11-18(33-2)12-10-17/h3-13H,14-16H2,1-2H3,(H,25,32). The predicted molar refractivity (Wildman–Crippen MR) is 130 cm³/mol. The molecule has 0 bridgehead atoms. The molecule has 0 radical (unpaired) electrons. The Bertz CT molecular complexity index is 1270. The van der Waals surface area contributed by atoms with Gasteiger partial charge in [0.2, 0.25) is 11.1 Å². The monoisotopic (exact) mass is 492 g/mol. The second-order valence-electron chi connectivity index (χ2n) is 7.49. The second-order valence-corrected chi connectivity index (χ2v) is 8.43. The summed E-state index contributed by atoms with van der Waals surface area (Å²) >= 11 is 1.23. The van der Waals surface area contributed by atoms with Crippen molar-refractivity contribution in [1.82, 2.24) is 25.5 Å². The van der Waals surface area contributed by atoms with E-state index in [4.69, 9.17) is 9.15 Å². The van der Waals surface area contributed by atoms with Gasteiger partial charge < -0.3 is 19.4 Å². The lowest BCUT2D eigenvalue weighted by Crippen LogP contribution is -2.31. The molecule has 10 nitrogen and oxygen atoms in total. The van der Waals surface area contributed by atoms with Gasteiger partial charge in [0.15, 0.2) is 0 Å². The summed E-state index contributed by atoms with van der Waals surface area (Å²) in [6.07, 6.45) is 1.55. The molecule has 2 amide bonds. The summed E-state index contributed by atoms with van der Waals surface area (Å²) in [5, 5.41) is 15.2. The maximum absolute atomic E-state index is 13.0. The van der Waals surface area contributed by atoms with Crippen LogP contribution in [0.1, 0.15) is 21.7 Å². The average molecular weight is 493 g/mol. The number of hydrogen-bond donors (Lipinski definition) is 1. The molecular weight excluding hydrogens is 468 g/mol. The van der Waals surface area contributed by atoms with Crippen molar-refractivity contribution in [2.45, 2.75) is 18.2 Å². The van der Waals surface area contributed by atoms with Gasteiger partial charge in [0, 0.05) is 7.05 Å². The number of aromatic nitrogens is 4. The Balaban J connectivity index is 1.38. The van der Waals surface area contributed by atoms with Gasteiger partial charge in [0.05, 0.1) is 43.5 Å². The van der Waals surface area contributed by atoms with Crippen molar-refractivity contribution >= 4 is 29.3 Å². The molecule has 2 heterocycles. The lowest BCUT2D eigenvalue weighted by molar-refractivity contribution is -0.115. The molecule has 4 aromatic rings. The van der Waals surface area contributed by atoms with Crippen LogP contribution in [0.4, 0.5) is 5.69 Å². The van der Waals surface area contributed by atoms with Gasteiger partial charge in [0.25, 0.3) is 5.91 Å². The highest BCUT2D eigenvalue weighted by Crippen LogP contribution is 2.22. The number of para-hydroxylation sites is 1. The molecule has 35 heavy (non-hydrogen) atoms. The number of furan rings is 1. The number of ether oxygens (including phenoxy) is 1. The summed E-state index contributed by atoms with van der Waals surface area (Å²) < 4.78 is 12.1. The topological polar surface area (TPSA) is 115 Å². The van der Waals surface area contributed by atoms with E-state index in [-0.39, 0.29) is 24.1 Å². The van der Waals surface area contributed by atoms with Crippen LogP contribution in [-0.4, -0.2) is 51.9 Å². The minimum Gasteiger partial charge on any atom is -0.497 e. The van der Waals surface area contributed by atoms with E-state index in [1.54, 1.807) is 61.5 Å². The van der Waals surface area contributed by atoms with Crippen LogP contribution in [0.25, 0.3) is 0 Å². The smallest absolute Gasteiger partial charge is 0.253 e. The molecule has 2 aromatic heterocycles. The van der Waals surface area contributed by atoms with Gasteiger partial charge in [-0.2, -0.15) is 0 Å². The van der Waals surface area contributed by atoms with Gasteiger partial charge in [-0.1, -0.05) is 36.0 Å². The first-order valence-electron chi connectivity index (χ1n) is 10.7. The molecule has 11 heteroatoms. The Morgan fingerprint density at radius 3 is 2.66 bits per heavy atom. The quantitative estimate of drug-likeness (QED) is 0.336. The van der Waals surface area contributed by atoms with Crippen LogP contribution in [0.3, 0.4) is 0 Å². The van der Waals surface area contributed by atoms with Crippen molar-refractivity contribution in [3.63, 3.8) is 0 Å². The number of anilines is 1. The molecule has 2 aromatic carbocycles. The average Bonchev–Trinajstić information content (AvgIpc) is 3.58. The van der Waals surface area contributed by atoms with Crippen molar-refractivity contribution in [3.05, 3.63) is 83.8 Å². The number of rotatable bonds is 10. The molecule has 0 aliphatic rings. The van der Waals surface area contributed by atoms with Crippen LogP contribution in [0.15, 0.2) is 76.5 Å². The molecular formula is C24H24N6O4S. The van der Waals surface area contributed by atoms with Crippen molar-refractivity contribution in [2.24, 2.45) is 0 Å². The Morgan fingerprint density at radius 1 is 1.11 bits per heavy atom. The molecule has 0 aliphatic carbocycles. The minimum atomic E-state index is -0.298. The van der Waals surface area contributed by atoms with E-state index >= 15 is 0 Å². The van der Waals surface area contributed by atoms with Gasteiger partial charge in [-0.3, -0.25) is 9.59 Å². The highest BCUT2D eigenvalue weighted by atomic mass is 32.2. The summed E-state index contributed by atoms with van der Waals surface area (Å²) in [7, 11) is 3.26. The highest BCUT2D eigenvalue weighted by molar-refractivity contribution is 7.99. The predicted octanol–water partition coefficient (Wildman–Crippen LogP) is 3.01. The SMILES string of the molecule is COc1ccc(Cn2nnnc2SCC(=O)N(C)c2ccccc2C(=O)NCc2ccco2)cc1. The molecule has 180 valence electrons. The Hall–Kier alpha value is -4.12. The van der Waals surface area contributed by atoms with Gasteiger partial charge in [-0.15, -0.1) is 5.10 Å². The molecule has 0 saturated heterocycles. The summed E-state index contributed by atoms with van der Waals surface area (Å²) in [6, 6.07) is 18.1. The van der Waals surface area contributed by atoms with E-state index in [9.17, 15) is 9.59 Å². The van der Waals surface area contributed by atoms with E-state index in [1.165, 1.54) is 16.7 Å². The molecule has 0 unspecified atom stereocenters. The number of thioether (sulfide) groups is 1. The van der Waals surface area contributed by atoms with Gasteiger partial charge in [-0.05, 0) is 52.4 Å². The number of tetrazole rings is 1. The van der Waals surface area contributed by atoms with Gasteiger partial charge in [0.1, 0.15) is 11.5 Å². The number of hydrogen-bond acceptors (Lipinski definition) is 8. The van der Waals surface area contributed by atoms with Crippen molar-refractivity contribution in [2.75, 3.05) is 24.8 Å². The van der Waals surface area contributed by atoms with Gasteiger partial charge >= 0.3 is 0 Å². The third-order valence-electron chi connectivity index (χ3n) is 5.20. The maximum atomic E-state index is 13.0. The summed E-state index contributed by atoms with van der Waals surface area (Å²) in [6.45, 7) is 0.715. The first-order chi connectivity index (χ1) is 17.0. The summed E-state index contributed by atoms with van der Waals surface area (Å²) in [5.41, 5.74) is 1.90. The molecule has 0 aliphatic heterocycles. The Labute approximate surface area is 206 Å². The molecule has 1 N–H and O–H groups in total. The fourth-order valence-corrected chi connectivity index (χ4v) is 4.08. The summed E-state index contributed by atoms with van der Waals surface area (Å²) in [5.74, 6) is 1.02. The minimum absolute atomic E-state index is 0.0990. The van der Waals surface area contributed by atoms with E-state index in [2.05, 4.69) is 20.8 Å². The zero-order valence-corrected chi connectivity index (χ0v) is 20.1. The zero-order valence-electron chi connectivity index (χ0n) is 19.2. The van der Waals surface area contributed by atoms with E-state index in [0.717, 1.165) is 11.3 Å². The van der Waals surface area contributed by atoms with Crippen LogP contribution in [-0.2, 0) is 17.9 Å². The number of amides is 2. The Kier molecular flexibility index (Phi) is 7.78. The van der Waals surface area contributed by atoms with E-state index in [1.807, 2.05) is 24.3 Å². The molecule has 0 saturated carbocycles. The van der Waals surface area contributed by atoms with Crippen molar-refractivity contribution in [1.29, 1.82) is 0 Å². The lowest BCUT2D eigenvalue weighted by atomic mass is 10.1. The number of nitrogens with zero attached hydrogens (tertiary/aromatic N) is 5. The Morgan fingerprint density at radius 2 is 1.91 bits per heavy atom. The van der Waals surface area contributed by atoms with Crippen molar-refractivity contribution < 1.29 is 18.7 Å². The number of nitrogens with one attached hydrogen (secondary N) is 1. The molecule has 0 fully saturated rings. The van der Waals surface area contributed by atoms with E-state index in [0.29, 0.717) is 28.7 Å². The normalized spacial score (nSPS) is 10.7. The van der Waals surface area contributed by atoms with Crippen LogP contribution in [0, 0.1) is 0 Å². The molecule has 0 spiro atoms. The lowest BCUT2D eigenvalue weighted by Gasteiger charge is -2.20. The number of carbonyl (C=O) groups excluding carboxylic acids is 2. The van der Waals surface area contributed by atoms with Crippen molar-refractivity contribution in [3.8, 4) is 5.75 Å². The third-order valence-corrected chi connectivity index (χ3v) is 6.14. The largest absolute Gasteiger partial charge is 0.497 e. The first kappa shape index (κ1) is 24.0. The first-order valence-corrected chi connectivity index (χ1v) is 11.7. The third kappa shape index (κ3) is 6.07. The van der Waals surface area contributed by atoms with Crippen LogP contribution in [0.5, 0.6) is 5.75 Å². The fraction of sp³-hybridized carbons (Fsp3) is 0.208. The number of methoxy groups -OCH3 is 1. The molecule has 0 atom stereocenters. The van der Waals surface area contributed by atoms with Crippen LogP contribution < -0.4 is 15.0 Å². The number of benzene rings is 2. The fourth-order valence-electron chi connectivity index (χ4n) is 3.29. The maximum Gasteiger partial charge on any atom is 0.253 e. The van der Waals surface area contributed by atoms with Gasteiger partial charge in [-0.25, -0.2) is 4.68 Å².